The van der Waals surface area contributed by atoms with E-state index >= 15 is 0 Å². The highest BCUT2D eigenvalue weighted by Gasteiger charge is 2.02. The van der Waals surface area contributed by atoms with Crippen LogP contribution in [-0.2, 0) is 0 Å². The van der Waals surface area contributed by atoms with Gasteiger partial charge >= 0.3 is 0 Å². The number of hydrogen-bond acceptors (Lipinski definition) is 3. The summed E-state index contributed by atoms with van der Waals surface area (Å²) in [6.07, 6.45) is 2.81. The Morgan fingerprint density at radius 2 is 2.05 bits per heavy atom. The van der Waals surface area contributed by atoms with E-state index in [9.17, 15) is 0 Å². The average molecular weight is 258 g/mol. The van der Waals surface area contributed by atoms with Crippen molar-refractivity contribution in [2.45, 2.75) is 20.3 Å². The highest BCUT2D eigenvalue weighted by Crippen LogP contribution is 2.22. The highest BCUT2D eigenvalue weighted by atomic mass is 16.5. The first kappa shape index (κ1) is 13.8. The largest absolute Gasteiger partial charge is 0.491 e. The van der Waals surface area contributed by atoms with E-state index < -0.39 is 0 Å². The number of para-hydroxylation sites is 1. The summed E-state index contributed by atoms with van der Waals surface area (Å²) in [5, 5.41) is 4.54. The molecule has 0 bridgehead atoms. The quantitative estimate of drug-likeness (QED) is 0.774. The number of nitrogens with one attached hydrogen (secondary N) is 1. The predicted molar refractivity (Wildman–Crippen MR) is 79.6 cm³/mol. The fraction of sp³-hybridized carbons (Fsp3) is 0.438. The Labute approximate surface area is 115 Å². The molecule has 0 unspecified atom stereocenters. The summed E-state index contributed by atoms with van der Waals surface area (Å²) < 4.78 is 5.82. The Morgan fingerprint density at radius 3 is 2.89 bits per heavy atom. The van der Waals surface area contributed by atoms with Gasteiger partial charge in [-0.05, 0) is 37.6 Å². The molecule has 1 heterocycles. The van der Waals surface area contributed by atoms with Crippen LogP contribution in [0, 0.1) is 5.92 Å². The molecule has 1 aromatic heterocycles. The van der Waals surface area contributed by atoms with E-state index in [1.807, 2.05) is 18.2 Å². The number of rotatable bonds is 7. The van der Waals surface area contributed by atoms with Crippen molar-refractivity contribution in [2.24, 2.45) is 5.92 Å². The van der Waals surface area contributed by atoms with Crippen molar-refractivity contribution in [1.29, 1.82) is 0 Å². The first-order valence-corrected chi connectivity index (χ1v) is 6.94. The van der Waals surface area contributed by atoms with Gasteiger partial charge in [-0.3, -0.25) is 4.98 Å². The zero-order valence-corrected chi connectivity index (χ0v) is 11.7. The molecule has 102 valence electrons. The first-order valence-electron chi connectivity index (χ1n) is 6.94. The van der Waals surface area contributed by atoms with Crippen molar-refractivity contribution >= 4 is 10.9 Å². The number of aromatic nitrogens is 1. The Kier molecular flexibility index (Phi) is 5.16. The van der Waals surface area contributed by atoms with E-state index in [1.54, 1.807) is 6.20 Å². The van der Waals surface area contributed by atoms with E-state index in [4.69, 9.17) is 4.74 Å². The van der Waals surface area contributed by atoms with Crippen molar-refractivity contribution in [3.8, 4) is 5.75 Å². The second-order valence-corrected chi connectivity index (χ2v) is 5.13. The molecule has 3 nitrogen and oxygen atoms in total. The number of ether oxygens (including phenoxy) is 1. The van der Waals surface area contributed by atoms with Crippen molar-refractivity contribution in [2.75, 3.05) is 19.7 Å². The fourth-order valence-electron chi connectivity index (χ4n) is 1.96. The fourth-order valence-corrected chi connectivity index (χ4v) is 1.96. The molecule has 2 rings (SSSR count). The third-order valence-corrected chi connectivity index (χ3v) is 2.90. The molecule has 2 aromatic rings. The monoisotopic (exact) mass is 258 g/mol. The summed E-state index contributed by atoms with van der Waals surface area (Å²) >= 11 is 0. The standard InChI is InChI=1S/C16H22N2O/c1-13(2)12-17-9-5-11-19-15-8-3-6-14-7-4-10-18-16(14)15/h3-4,6-8,10,13,17H,5,9,11-12H2,1-2H3. The first-order chi connectivity index (χ1) is 9.27. The van der Waals surface area contributed by atoms with Crippen molar-refractivity contribution in [1.82, 2.24) is 10.3 Å². The lowest BCUT2D eigenvalue weighted by molar-refractivity contribution is 0.310. The molecule has 0 radical (unpaired) electrons. The molecule has 0 fully saturated rings. The minimum Gasteiger partial charge on any atom is -0.491 e. The number of pyridine rings is 1. The van der Waals surface area contributed by atoms with E-state index in [2.05, 4.69) is 36.3 Å². The maximum atomic E-state index is 5.82. The molecule has 0 saturated carbocycles. The smallest absolute Gasteiger partial charge is 0.145 e. The molecule has 19 heavy (non-hydrogen) atoms. The SMILES string of the molecule is CC(C)CNCCCOc1cccc2cccnc12. The van der Waals surface area contributed by atoms with Gasteiger partial charge in [0, 0.05) is 11.6 Å². The number of nitrogens with zero attached hydrogens (tertiary/aromatic N) is 1. The lowest BCUT2D eigenvalue weighted by atomic mass is 10.2. The highest BCUT2D eigenvalue weighted by molar-refractivity contribution is 5.84. The molecule has 1 N–H and O–H groups in total. The third-order valence-electron chi connectivity index (χ3n) is 2.90. The zero-order chi connectivity index (χ0) is 13.5. The molecule has 1 aromatic carbocycles. The van der Waals surface area contributed by atoms with Crippen molar-refractivity contribution < 1.29 is 4.74 Å². The topological polar surface area (TPSA) is 34.1 Å². The summed E-state index contributed by atoms with van der Waals surface area (Å²) in [7, 11) is 0. The van der Waals surface area contributed by atoms with E-state index in [0.717, 1.165) is 42.8 Å². The van der Waals surface area contributed by atoms with Gasteiger partial charge < -0.3 is 10.1 Å². The molecular formula is C16H22N2O. The van der Waals surface area contributed by atoms with Gasteiger partial charge in [0.2, 0.25) is 0 Å². The molecular weight excluding hydrogens is 236 g/mol. The summed E-state index contributed by atoms with van der Waals surface area (Å²) in [4.78, 5) is 4.38. The lowest BCUT2D eigenvalue weighted by Crippen LogP contribution is -2.22. The van der Waals surface area contributed by atoms with Crippen LogP contribution in [0.5, 0.6) is 5.75 Å². The summed E-state index contributed by atoms with van der Waals surface area (Å²) in [6.45, 7) is 7.21. The molecule has 0 aliphatic heterocycles. The molecule has 0 aliphatic rings. The minimum atomic E-state index is 0.697. The Hall–Kier alpha value is -1.61. The normalized spacial score (nSPS) is 11.1. The van der Waals surface area contributed by atoms with Gasteiger partial charge in [0.05, 0.1) is 6.61 Å². The van der Waals surface area contributed by atoms with Gasteiger partial charge in [-0.15, -0.1) is 0 Å². The van der Waals surface area contributed by atoms with Gasteiger partial charge in [-0.2, -0.15) is 0 Å². The summed E-state index contributed by atoms with van der Waals surface area (Å²) in [6, 6.07) is 10.0. The summed E-state index contributed by atoms with van der Waals surface area (Å²) in [5.41, 5.74) is 0.945. The number of benzene rings is 1. The zero-order valence-electron chi connectivity index (χ0n) is 11.7. The van der Waals surface area contributed by atoms with Crippen LogP contribution in [0.3, 0.4) is 0 Å². The minimum absolute atomic E-state index is 0.697. The van der Waals surface area contributed by atoms with Crippen molar-refractivity contribution in [3.63, 3.8) is 0 Å². The second kappa shape index (κ2) is 7.10. The Bertz CT molecular complexity index is 506. The van der Waals surface area contributed by atoms with Crippen LogP contribution < -0.4 is 10.1 Å². The molecule has 3 heteroatoms. The number of hydrogen-bond donors (Lipinski definition) is 1. The lowest BCUT2D eigenvalue weighted by Gasteiger charge is -2.10. The number of fused-ring (bicyclic) bond motifs is 1. The van der Waals surface area contributed by atoms with E-state index in [-0.39, 0.29) is 0 Å². The predicted octanol–water partition coefficient (Wildman–Crippen LogP) is 3.25. The molecule has 0 saturated heterocycles. The average Bonchev–Trinajstić information content (AvgIpc) is 2.42. The van der Waals surface area contributed by atoms with Gasteiger partial charge in [0.25, 0.3) is 0 Å². The van der Waals surface area contributed by atoms with E-state index in [0.29, 0.717) is 5.92 Å². The van der Waals surface area contributed by atoms with E-state index in [1.165, 1.54) is 0 Å². The van der Waals surface area contributed by atoms with Crippen LogP contribution >= 0.6 is 0 Å². The Morgan fingerprint density at radius 1 is 1.21 bits per heavy atom. The maximum Gasteiger partial charge on any atom is 0.145 e. The van der Waals surface area contributed by atoms with Crippen LogP contribution in [0.1, 0.15) is 20.3 Å². The van der Waals surface area contributed by atoms with Crippen molar-refractivity contribution in [3.05, 3.63) is 36.5 Å². The molecule has 0 spiro atoms. The van der Waals surface area contributed by atoms with Crippen LogP contribution in [0.2, 0.25) is 0 Å². The van der Waals surface area contributed by atoms with Gasteiger partial charge in [-0.25, -0.2) is 0 Å². The van der Waals surface area contributed by atoms with Crippen LogP contribution in [0.4, 0.5) is 0 Å². The van der Waals surface area contributed by atoms with Crippen LogP contribution in [-0.4, -0.2) is 24.7 Å². The molecule has 0 aliphatic carbocycles. The third kappa shape index (κ3) is 4.21. The van der Waals surface area contributed by atoms with Gasteiger partial charge in [-0.1, -0.05) is 32.0 Å². The molecule has 0 atom stereocenters. The second-order valence-electron chi connectivity index (χ2n) is 5.13. The molecule has 0 amide bonds. The van der Waals surface area contributed by atoms with Gasteiger partial charge in [0.1, 0.15) is 11.3 Å². The van der Waals surface area contributed by atoms with Crippen LogP contribution in [0.25, 0.3) is 10.9 Å². The maximum absolute atomic E-state index is 5.82. The summed E-state index contributed by atoms with van der Waals surface area (Å²) in [5.74, 6) is 1.57. The van der Waals surface area contributed by atoms with Gasteiger partial charge in [0.15, 0.2) is 0 Å². The Balaban J connectivity index is 1.82. The van der Waals surface area contributed by atoms with Crippen LogP contribution in [0.15, 0.2) is 36.5 Å².